The molecule has 0 atom stereocenters. The van der Waals surface area contributed by atoms with Crippen molar-refractivity contribution in [2.24, 2.45) is 0 Å². The molecule has 0 amide bonds. The van der Waals surface area contributed by atoms with E-state index >= 15 is 0 Å². The van der Waals surface area contributed by atoms with Crippen LogP contribution >= 0.6 is 0 Å². The average Bonchev–Trinajstić information content (AvgIpc) is 2.38. The molecule has 0 fully saturated rings. The topological polar surface area (TPSA) is 73.4 Å². The molecule has 1 aromatic heterocycles. The van der Waals surface area contributed by atoms with Crippen LogP contribution < -0.4 is 0 Å². The number of nitriles is 2. The van der Waals surface area contributed by atoms with Crippen molar-refractivity contribution in [2.75, 3.05) is 0 Å². The highest BCUT2D eigenvalue weighted by atomic mass is 14.8. The van der Waals surface area contributed by atoms with Crippen molar-refractivity contribution in [3.8, 4) is 23.3 Å². The minimum Gasteiger partial charge on any atom is -0.244 e. The van der Waals surface area contributed by atoms with Gasteiger partial charge >= 0.3 is 0 Å². The molecule has 0 aliphatic heterocycles. The SMILES string of the molecule is N#Cc1cccc(-c2cncnc2)c1C#N. The Labute approximate surface area is 92.4 Å². The van der Waals surface area contributed by atoms with E-state index < -0.39 is 0 Å². The van der Waals surface area contributed by atoms with Gasteiger partial charge in [-0.2, -0.15) is 10.5 Å². The maximum Gasteiger partial charge on any atom is 0.115 e. The Morgan fingerprint density at radius 1 is 1.00 bits per heavy atom. The predicted octanol–water partition coefficient (Wildman–Crippen LogP) is 1.89. The Morgan fingerprint density at radius 2 is 1.75 bits per heavy atom. The summed E-state index contributed by atoms with van der Waals surface area (Å²) in [5, 5.41) is 17.9. The van der Waals surface area contributed by atoms with Crippen molar-refractivity contribution in [1.29, 1.82) is 10.5 Å². The zero-order valence-electron chi connectivity index (χ0n) is 8.25. The van der Waals surface area contributed by atoms with Crippen molar-refractivity contribution in [3.63, 3.8) is 0 Å². The second-order valence-corrected chi connectivity index (χ2v) is 3.08. The second-order valence-electron chi connectivity index (χ2n) is 3.08. The minimum absolute atomic E-state index is 0.361. The standard InChI is InChI=1S/C12H6N4/c13-4-9-2-1-3-11(12(9)5-14)10-6-15-8-16-7-10/h1-3,6-8H. The van der Waals surface area contributed by atoms with Crippen LogP contribution in [0.15, 0.2) is 36.9 Å². The molecular formula is C12H6N4. The number of aromatic nitrogens is 2. The van der Waals surface area contributed by atoms with Gasteiger partial charge in [0.15, 0.2) is 0 Å². The lowest BCUT2D eigenvalue weighted by Crippen LogP contribution is -1.90. The van der Waals surface area contributed by atoms with Gasteiger partial charge in [-0.05, 0) is 6.07 Å². The van der Waals surface area contributed by atoms with Crippen LogP contribution in [0.25, 0.3) is 11.1 Å². The third-order valence-electron chi connectivity index (χ3n) is 2.17. The smallest absolute Gasteiger partial charge is 0.115 e. The Balaban J connectivity index is 2.69. The van der Waals surface area contributed by atoms with Gasteiger partial charge in [-0.3, -0.25) is 0 Å². The summed E-state index contributed by atoms with van der Waals surface area (Å²) in [4.78, 5) is 7.78. The van der Waals surface area contributed by atoms with E-state index in [-0.39, 0.29) is 0 Å². The molecule has 0 radical (unpaired) electrons. The number of rotatable bonds is 1. The molecule has 0 aliphatic rings. The van der Waals surface area contributed by atoms with Crippen molar-refractivity contribution < 1.29 is 0 Å². The van der Waals surface area contributed by atoms with E-state index in [2.05, 4.69) is 9.97 Å². The molecular weight excluding hydrogens is 200 g/mol. The minimum atomic E-state index is 0.361. The molecule has 4 nitrogen and oxygen atoms in total. The van der Waals surface area contributed by atoms with Gasteiger partial charge in [0.2, 0.25) is 0 Å². The zero-order valence-corrected chi connectivity index (χ0v) is 8.25. The predicted molar refractivity (Wildman–Crippen MR) is 56.9 cm³/mol. The van der Waals surface area contributed by atoms with E-state index in [1.807, 2.05) is 12.1 Å². The van der Waals surface area contributed by atoms with Crippen LogP contribution in [0, 0.1) is 22.7 Å². The number of benzene rings is 1. The van der Waals surface area contributed by atoms with E-state index in [0.717, 1.165) is 5.56 Å². The highest BCUT2D eigenvalue weighted by Crippen LogP contribution is 2.23. The highest BCUT2D eigenvalue weighted by Gasteiger charge is 2.09. The van der Waals surface area contributed by atoms with Crippen molar-refractivity contribution >= 4 is 0 Å². The number of hydrogen-bond donors (Lipinski definition) is 0. The van der Waals surface area contributed by atoms with E-state index in [1.165, 1.54) is 6.33 Å². The Hall–Kier alpha value is -2.72. The summed E-state index contributed by atoms with van der Waals surface area (Å²) in [6.45, 7) is 0. The molecule has 4 heteroatoms. The lowest BCUT2D eigenvalue weighted by molar-refractivity contribution is 1.17. The van der Waals surface area contributed by atoms with Crippen LogP contribution in [0.1, 0.15) is 11.1 Å². The van der Waals surface area contributed by atoms with Gasteiger partial charge in [-0.15, -0.1) is 0 Å². The summed E-state index contributed by atoms with van der Waals surface area (Å²) in [5.41, 5.74) is 2.14. The molecule has 0 aliphatic carbocycles. The summed E-state index contributed by atoms with van der Waals surface area (Å²) in [7, 11) is 0. The van der Waals surface area contributed by atoms with E-state index in [4.69, 9.17) is 10.5 Å². The van der Waals surface area contributed by atoms with Gasteiger partial charge in [0.25, 0.3) is 0 Å². The number of nitrogens with zero attached hydrogens (tertiary/aromatic N) is 4. The average molecular weight is 206 g/mol. The van der Waals surface area contributed by atoms with Crippen molar-refractivity contribution in [2.45, 2.75) is 0 Å². The van der Waals surface area contributed by atoms with Gasteiger partial charge in [-0.25, -0.2) is 9.97 Å². The summed E-state index contributed by atoms with van der Waals surface area (Å²) < 4.78 is 0. The van der Waals surface area contributed by atoms with Crippen LogP contribution in [0.3, 0.4) is 0 Å². The first kappa shape index (κ1) is 9.82. The van der Waals surface area contributed by atoms with Crippen LogP contribution in [-0.4, -0.2) is 9.97 Å². The van der Waals surface area contributed by atoms with Crippen LogP contribution in [0.2, 0.25) is 0 Å². The first-order chi connectivity index (χ1) is 7.86. The maximum atomic E-state index is 9.05. The maximum absolute atomic E-state index is 9.05. The fourth-order valence-electron chi connectivity index (χ4n) is 1.44. The molecule has 74 valence electrons. The van der Waals surface area contributed by atoms with Crippen molar-refractivity contribution in [3.05, 3.63) is 48.0 Å². The number of hydrogen-bond acceptors (Lipinski definition) is 4. The van der Waals surface area contributed by atoms with E-state index in [0.29, 0.717) is 16.7 Å². The summed E-state index contributed by atoms with van der Waals surface area (Å²) in [6.07, 6.45) is 4.65. The van der Waals surface area contributed by atoms with Crippen LogP contribution in [0.5, 0.6) is 0 Å². The molecule has 16 heavy (non-hydrogen) atoms. The molecule has 2 aromatic rings. The first-order valence-corrected chi connectivity index (χ1v) is 4.55. The Morgan fingerprint density at radius 3 is 2.38 bits per heavy atom. The van der Waals surface area contributed by atoms with Gasteiger partial charge < -0.3 is 0 Å². The third-order valence-corrected chi connectivity index (χ3v) is 2.17. The zero-order chi connectivity index (χ0) is 11.4. The quantitative estimate of drug-likeness (QED) is 0.714. The molecule has 0 N–H and O–H groups in total. The molecule has 0 saturated carbocycles. The van der Waals surface area contributed by atoms with Gasteiger partial charge in [-0.1, -0.05) is 12.1 Å². The van der Waals surface area contributed by atoms with Gasteiger partial charge in [0.1, 0.15) is 18.5 Å². The molecule has 2 rings (SSSR count). The van der Waals surface area contributed by atoms with Crippen LogP contribution in [-0.2, 0) is 0 Å². The third kappa shape index (κ3) is 1.60. The van der Waals surface area contributed by atoms with E-state index in [9.17, 15) is 0 Å². The normalized spacial score (nSPS) is 9.12. The monoisotopic (exact) mass is 206 g/mol. The van der Waals surface area contributed by atoms with Crippen LogP contribution in [0.4, 0.5) is 0 Å². The fourth-order valence-corrected chi connectivity index (χ4v) is 1.44. The molecule has 1 aromatic carbocycles. The summed E-state index contributed by atoms with van der Waals surface area (Å²) in [5.74, 6) is 0. The molecule has 1 heterocycles. The summed E-state index contributed by atoms with van der Waals surface area (Å²) >= 11 is 0. The molecule has 0 spiro atoms. The van der Waals surface area contributed by atoms with E-state index in [1.54, 1.807) is 30.6 Å². The summed E-state index contributed by atoms with van der Waals surface area (Å²) in [6, 6.07) is 9.16. The largest absolute Gasteiger partial charge is 0.244 e. The fraction of sp³-hybridized carbons (Fsp3) is 0. The Bertz CT molecular complexity index is 591. The molecule has 0 saturated heterocycles. The second kappa shape index (κ2) is 4.20. The Kier molecular flexibility index (Phi) is 2.58. The van der Waals surface area contributed by atoms with Gasteiger partial charge in [0, 0.05) is 23.5 Å². The lowest BCUT2D eigenvalue weighted by Gasteiger charge is -2.03. The molecule has 0 unspecified atom stereocenters. The lowest BCUT2D eigenvalue weighted by atomic mass is 9.99. The highest BCUT2D eigenvalue weighted by molar-refractivity contribution is 5.72. The first-order valence-electron chi connectivity index (χ1n) is 4.55. The molecule has 0 bridgehead atoms. The van der Waals surface area contributed by atoms with Gasteiger partial charge in [0.05, 0.1) is 11.1 Å². The van der Waals surface area contributed by atoms with Crippen molar-refractivity contribution in [1.82, 2.24) is 9.97 Å².